The van der Waals surface area contributed by atoms with Crippen LogP contribution in [0.1, 0.15) is 20.3 Å². The van der Waals surface area contributed by atoms with Gasteiger partial charge in [-0.1, -0.05) is 20.4 Å². The van der Waals surface area contributed by atoms with Crippen molar-refractivity contribution in [3.63, 3.8) is 0 Å². The lowest BCUT2D eigenvalue weighted by molar-refractivity contribution is 0.568. The number of nitrogens with one attached hydrogen (secondary N) is 2. The van der Waals surface area contributed by atoms with Crippen LogP contribution in [-0.4, -0.2) is 40.2 Å². The number of nitrogens with zero attached hydrogens (tertiary/aromatic N) is 3. The van der Waals surface area contributed by atoms with Gasteiger partial charge in [-0.2, -0.15) is 0 Å². The third-order valence-corrected chi connectivity index (χ3v) is 5.47. The van der Waals surface area contributed by atoms with E-state index in [1.54, 1.807) is 12.5 Å². The second kappa shape index (κ2) is 6.37. The highest BCUT2D eigenvalue weighted by Gasteiger charge is 2.14. The highest BCUT2D eigenvalue weighted by Crippen LogP contribution is 2.24. The topological polar surface area (TPSA) is 92.7 Å². The molecule has 0 aliphatic heterocycles. The van der Waals surface area contributed by atoms with Crippen molar-refractivity contribution in [1.29, 1.82) is 0 Å². The Balaban J connectivity index is 1.76. The van der Waals surface area contributed by atoms with Crippen molar-refractivity contribution in [2.45, 2.75) is 20.3 Å². The van der Waals surface area contributed by atoms with Crippen LogP contribution in [0, 0.1) is 5.92 Å². The monoisotopic (exact) mass is 347 g/mol. The summed E-state index contributed by atoms with van der Waals surface area (Å²) in [6.45, 7) is 8.15. The lowest BCUT2D eigenvalue weighted by Gasteiger charge is -2.11. The number of H-pyrrole nitrogens is 1. The van der Waals surface area contributed by atoms with E-state index < -0.39 is 10.0 Å². The fourth-order valence-corrected chi connectivity index (χ4v) is 4.13. The molecule has 3 aromatic heterocycles. The number of aromatic amines is 1. The Hall–Kier alpha value is -2.19. The molecule has 0 atom stereocenters. The number of rotatable bonds is 7. The molecule has 0 aromatic carbocycles. The third kappa shape index (κ3) is 3.34. The second-order valence-electron chi connectivity index (χ2n) is 6.23. The second-order valence-corrected chi connectivity index (χ2v) is 8.08. The first-order valence-corrected chi connectivity index (χ1v) is 9.47. The first-order chi connectivity index (χ1) is 11.4. The van der Waals surface area contributed by atoms with Gasteiger partial charge in [0.05, 0.1) is 17.5 Å². The van der Waals surface area contributed by atoms with E-state index >= 15 is 0 Å². The van der Waals surface area contributed by atoms with Crippen molar-refractivity contribution in [3.8, 4) is 0 Å². The number of imidazole rings is 1. The van der Waals surface area contributed by atoms with E-state index in [1.165, 1.54) is 0 Å². The van der Waals surface area contributed by atoms with Gasteiger partial charge < -0.3 is 9.55 Å². The molecule has 3 heterocycles. The highest BCUT2D eigenvalue weighted by atomic mass is 32.2. The molecule has 2 N–H and O–H groups in total. The van der Waals surface area contributed by atoms with E-state index in [4.69, 9.17) is 0 Å². The molecule has 8 heteroatoms. The molecule has 128 valence electrons. The van der Waals surface area contributed by atoms with Gasteiger partial charge in [0, 0.05) is 30.2 Å². The predicted octanol–water partition coefficient (Wildman–Crippen LogP) is 2.35. The Morgan fingerprint density at radius 3 is 2.96 bits per heavy atom. The first kappa shape index (κ1) is 16.7. The van der Waals surface area contributed by atoms with E-state index in [1.807, 2.05) is 30.7 Å². The number of sulfonamides is 1. The quantitative estimate of drug-likeness (QED) is 0.686. The highest BCUT2D eigenvalue weighted by molar-refractivity contribution is 7.89. The van der Waals surface area contributed by atoms with Gasteiger partial charge in [0.1, 0.15) is 17.5 Å². The van der Waals surface area contributed by atoms with Gasteiger partial charge in [-0.05, 0) is 12.0 Å². The maximum atomic E-state index is 11.9. The Kier molecular flexibility index (Phi) is 4.42. The zero-order valence-corrected chi connectivity index (χ0v) is 14.6. The molecule has 0 saturated heterocycles. The molecule has 24 heavy (non-hydrogen) atoms. The van der Waals surface area contributed by atoms with Crippen LogP contribution in [0.2, 0.25) is 0 Å². The summed E-state index contributed by atoms with van der Waals surface area (Å²) in [6.07, 6.45) is 5.74. The van der Waals surface area contributed by atoms with Gasteiger partial charge >= 0.3 is 0 Å². The zero-order chi connectivity index (χ0) is 17.3. The van der Waals surface area contributed by atoms with Crippen molar-refractivity contribution >= 4 is 37.8 Å². The summed E-state index contributed by atoms with van der Waals surface area (Å²) in [5, 5.41) is 0.964. The van der Waals surface area contributed by atoms with E-state index in [2.05, 4.69) is 26.3 Å². The van der Waals surface area contributed by atoms with Crippen molar-refractivity contribution in [2.24, 2.45) is 5.92 Å². The third-order valence-electron chi connectivity index (χ3n) is 3.72. The maximum absolute atomic E-state index is 11.9. The molecule has 0 fully saturated rings. The summed E-state index contributed by atoms with van der Waals surface area (Å²) in [6, 6.07) is 1.95. The summed E-state index contributed by atoms with van der Waals surface area (Å²) in [7, 11) is -3.24. The SMILES string of the molecule is C=C(CCNS(=O)(=O)CC(C)C)n1cnc2cnc3[nH]ccc3c21. The standard InChI is InChI=1S/C16H21N5O2S/c1-11(2)9-24(22,23)20-7-4-12(3)21-10-19-14-8-18-16-13(15(14)21)5-6-17-16/h5-6,8,10-11,20H,3-4,7,9H2,1-2H3,(H,17,18). The minimum atomic E-state index is -3.24. The number of hydrogen-bond acceptors (Lipinski definition) is 4. The number of hydrogen-bond donors (Lipinski definition) is 2. The first-order valence-electron chi connectivity index (χ1n) is 7.82. The van der Waals surface area contributed by atoms with E-state index in [-0.39, 0.29) is 11.7 Å². The molecule has 0 unspecified atom stereocenters. The Labute approximate surface area is 140 Å². The van der Waals surface area contributed by atoms with Crippen molar-refractivity contribution < 1.29 is 8.42 Å². The van der Waals surface area contributed by atoms with E-state index in [0.717, 1.165) is 27.8 Å². The average Bonchev–Trinajstić information content (AvgIpc) is 3.11. The summed E-state index contributed by atoms with van der Waals surface area (Å²) >= 11 is 0. The molecule has 3 aromatic rings. The molecule has 0 saturated carbocycles. The molecule has 0 amide bonds. The van der Waals surface area contributed by atoms with Gasteiger partial charge in [-0.3, -0.25) is 0 Å². The lowest BCUT2D eigenvalue weighted by atomic mass is 10.2. The summed E-state index contributed by atoms with van der Waals surface area (Å²) in [4.78, 5) is 11.7. The number of aromatic nitrogens is 4. The smallest absolute Gasteiger partial charge is 0.211 e. The van der Waals surface area contributed by atoms with Gasteiger partial charge in [-0.15, -0.1) is 0 Å². The Morgan fingerprint density at radius 2 is 2.21 bits per heavy atom. The fraction of sp³-hybridized carbons (Fsp3) is 0.375. The molecule has 0 bridgehead atoms. The van der Waals surface area contributed by atoms with Crippen LogP contribution >= 0.6 is 0 Å². The fourth-order valence-electron chi connectivity index (χ4n) is 2.72. The normalized spacial score (nSPS) is 12.5. The molecule has 0 spiro atoms. The van der Waals surface area contributed by atoms with Gasteiger partial charge in [0.2, 0.25) is 10.0 Å². The van der Waals surface area contributed by atoms with Gasteiger partial charge in [0.15, 0.2) is 0 Å². The van der Waals surface area contributed by atoms with Crippen molar-refractivity contribution in [2.75, 3.05) is 12.3 Å². The van der Waals surface area contributed by atoms with E-state index in [0.29, 0.717) is 13.0 Å². The van der Waals surface area contributed by atoms with E-state index in [9.17, 15) is 8.42 Å². The number of fused-ring (bicyclic) bond motifs is 3. The summed E-state index contributed by atoms with van der Waals surface area (Å²) in [5.41, 5.74) is 3.27. The molecule has 7 nitrogen and oxygen atoms in total. The molecular formula is C16H21N5O2S. The maximum Gasteiger partial charge on any atom is 0.211 e. The summed E-state index contributed by atoms with van der Waals surface area (Å²) < 4.78 is 28.3. The minimum absolute atomic E-state index is 0.0951. The van der Waals surface area contributed by atoms with Gasteiger partial charge in [0.25, 0.3) is 0 Å². The number of pyridine rings is 1. The Morgan fingerprint density at radius 1 is 1.42 bits per heavy atom. The van der Waals surface area contributed by atoms with Crippen LogP contribution in [0.3, 0.4) is 0 Å². The lowest BCUT2D eigenvalue weighted by Crippen LogP contribution is -2.29. The molecular weight excluding hydrogens is 326 g/mol. The summed E-state index contributed by atoms with van der Waals surface area (Å²) in [5.74, 6) is 0.223. The predicted molar refractivity (Wildman–Crippen MR) is 96.0 cm³/mol. The van der Waals surface area contributed by atoms with Crippen molar-refractivity contribution in [1.82, 2.24) is 24.2 Å². The zero-order valence-electron chi connectivity index (χ0n) is 13.8. The van der Waals surface area contributed by atoms with Crippen LogP contribution in [0.25, 0.3) is 27.8 Å². The van der Waals surface area contributed by atoms with Crippen LogP contribution < -0.4 is 4.72 Å². The Bertz CT molecular complexity index is 984. The van der Waals surface area contributed by atoms with Crippen LogP contribution in [-0.2, 0) is 10.0 Å². The molecule has 0 radical (unpaired) electrons. The van der Waals surface area contributed by atoms with Crippen molar-refractivity contribution in [3.05, 3.63) is 31.4 Å². The molecule has 3 rings (SSSR count). The van der Waals surface area contributed by atoms with Crippen LogP contribution in [0.15, 0.2) is 31.4 Å². The average molecular weight is 347 g/mol. The minimum Gasteiger partial charge on any atom is -0.346 e. The largest absolute Gasteiger partial charge is 0.346 e. The van der Waals surface area contributed by atoms with Crippen LogP contribution in [0.4, 0.5) is 0 Å². The molecule has 0 aliphatic rings. The van der Waals surface area contributed by atoms with Crippen LogP contribution in [0.5, 0.6) is 0 Å². The van der Waals surface area contributed by atoms with Gasteiger partial charge in [-0.25, -0.2) is 23.1 Å². The molecule has 0 aliphatic carbocycles.